The van der Waals surface area contributed by atoms with E-state index in [0.717, 1.165) is 17.5 Å². The molecule has 1 aromatic heterocycles. The van der Waals surface area contributed by atoms with Crippen LogP contribution in [0.25, 0.3) is 0 Å². The first-order valence-electron chi connectivity index (χ1n) is 7.63. The minimum atomic E-state index is -0.0554. The summed E-state index contributed by atoms with van der Waals surface area (Å²) < 4.78 is 1.78. The SMILES string of the molecule is Cc1cnn(CCC(=O)NC(CCCO)c2ccccc2)c1. The predicted molar refractivity (Wildman–Crippen MR) is 85.2 cm³/mol. The van der Waals surface area contributed by atoms with E-state index >= 15 is 0 Å². The molecule has 0 aliphatic carbocycles. The Kier molecular flexibility index (Phi) is 6.15. The van der Waals surface area contributed by atoms with E-state index in [1.165, 1.54) is 0 Å². The number of carbonyl (C=O) groups excluding carboxylic acids is 1. The van der Waals surface area contributed by atoms with Crippen LogP contribution in [0.2, 0.25) is 0 Å². The molecule has 2 aromatic rings. The first-order chi connectivity index (χ1) is 10.7. The molecule has 5 heteroatoms. The average molecular weight is 301 g/mol. The Labute approximate surface area is 131 Å². The number of aliphatic hydroxyl groups excluding tert-OH is 1. The zero-order valence-electron chi connectivity index (χ0n) is 12.9. The van der Waals surface area contributed by atoms with Gasteiger partial charge in [-0.2, -0.15) is 5.10 Å². The Balaban J connectivity index is 1.90. The van der Waals surface area contributed by atoms with Gasteiger partial charge >= 0.3 is 0 Å². The van der Waals surface area contributed by atoms with E-state index in [1.807, 2.05) is 43.5 Å². The van der Waals surface area contributed by atoms with Gasteiger partial charge in [0.05, 0.1) is 12.2 Å². The summed E-state index contributed by atoms with van der Waals surface area (Å²) in [5, 5.41) is 16.3. The molecule has 1 amide bonds. The van der Waals surface area contributed by atoms with E-state index in [9.17, 15) is 4.79 Å². The van der Waals surface area contributed by atoms with Crippen LogP contribution in [0, 0.1) is 6.92 Å². The zero-order valence-corrected chi connectivity index (χ0v) is 12.9. The molecule has 0 aliphatic rings. The average Bonchev–Trinajstić information content (AvgIpc) is 2.96. The monoisotopic (exact) mass is 301 g/mol. The lowest BCUT2D eigenvalue weighted by Crippen LogP contribution is -2.29. The summed E-state index contributed by atoms with van der Waals surface area (Å²) >= 11 is 0. The molecule has 0 spiro atoms. The van der Waals surface area contributed by atoms with Crippen LogP contribution in [0.15, 0.2) is 42.7 Å². The second kappa shape index (κ2) is 8.34. The van der Waals surface area contributed by atoms with Gasteiger partial charge in [-0.1, -0.05) is 30.3 Å². The molecule has 0 fully saturated rings. The lowest BCUT2D eigenvalue weighted by molar-refractivity contribution is -0.122. The number of carbonyl (C=O) groups is 1. The summed E-state index contributed by atoms with van der Waals surface area (Å²) in [6.07, 6.45) is 5.49. The molecule has 0 saturated heterocycles. The van der Waals surface area contributed by atoms with Crippen molar-refractivity contribution >= 4 is 5.91 Å². The van der Waals surface area contributed by atoms with E-state index in [0.29, 0.717) is 19.4 Å². The Hall–Kier alpha value is -2.14. The van der Waals surface area contributed by atoms with Gasteiger partial charge < -0.3 is 10.4 Å². The number of aromatic nitrogens is 2. The number of nitrogens with zero attached hydrogens (tertiary/aromatic N) is 2. The van der Waals surface area contributed by atoms with Crippen molar-refractivity contribution < 1.29 is 9.90 Å². The highest BCUT2D eigenvalue weighted by molar-refractivity contribution is 5.76. The van der Waals surface area contributed by atoms with E-state index < -0.39 is 0 Å². The van der Waals surface area contributed by atoms with E-state index in [-0.39, 0.29) is 18.6 Å². The molecule has 1 atom stereocenters. The summed E-state index contributed by atoms with van der Waals surface area (Å²) in [6.45, 7) is 2.68. The van der Waals surface area contributed by atoms with Gasteiger partial charge in [0.2, 0.25) is 5.91 Å². The minimum absolute atomic E-state index is 0.0000501. The second-order valence-electron chi connectivity index (χ2n) is 5.43. The minimum Gasteiger partial charge on any atom is -0.396 e. The highest BCUT2D eigenvalue weighted by Crippen LogP contribution is 2.18. The molecule has 0 saturated carbocycles. The predicted octanol–water partition coefficient (Wildman–Crippen LogP) is 2.21. The number of aliphatic hydroxyl groups is 1. The molecule has 2 rings (SSSR count). The molecule has 118 valence electrons. The fourth-order valence-corrected chi connectivity index (χ4v) is 2.37. The molecule has 22 heavy (non-hydrogen) atoms. The fraction of sp³-hybridized carbons (Fsp3) is 0.412. The third kappa shape index (κ3) is 5.00. The van der Waals surface area contributed by atoms with Crippen LogP contribution in [0.5, 0.6) is 0 Å². The van der Waals surface area contributed by atoms with Crippen molar-refractivity contribution in [1.29, 1.82) is 0 Å². The Morgan fingerprint density at radius 1 is 1.36 bits per heavy atom. The molecule has 0 radical (unpaired) electrons. The summed E-state index contributed by atoms with van der Waals surface area (Å²) in [5.74, 6) is -0.0000501. The van der Waals surface area contributed by atoms with Gasteiger partial charge in [-0.05, 0) is 30.9 Å². The molecule has 0 bridgehead atoms. The maximum absolute atomic E-state index is 12.2. The van der Waals surface area contributed by atoms with Crippen molar-refractivity contribution in [2.24, 2.45) is 0 Å². The van der Waals surface area contributed by atoms with Crippen LogP contribution in [-0.4, -0.2) is 27.4 Å². The summed E-state index contributed by atoms with van der Waals surface area (Å²) in [5.41, 5.74) is 2.16. The number of nitrogens with one attached hydrogen (secondary N) is 1. The van der Waals surface area contributed by atoms with E-state index in [4.69, 9.17) is 5.11 Å². The molecule has 5 nitrogen and oxygen atoms in total. The largest absolute Gasteiger partial charge is 0.396 e. The summed E-state index contributed by atoms with van der Waals surface area (Å²) in [7, 11) is 0. The van der Waals surface area contributed by atoms with Gasteiger partial charge in [0, 0.05) is 25.8 Å². The molecule has 1 unspecified atom stereocenters. The third-order valence-corrected chi connectivity index (χ3v) is 3.52. The topological polar surface area (TPSA) is 67.2 Å². The van der Waals surface area contributed by atoms with Gasteiger partial charge in [-0.3, -0.25) is 9.48 Å². The van der Waals surface area contributed by atoms with Gasteiger partial charge in [-0.15, -0.1) is 0 Å². The number of amides is 1. The van der Waals surface area contributed by atoms with Gasteiger partial charge in [0.15, 0.2) is 0 Å². The molecule has 1 aromatic carbocycles. The third-order valence-electron chi connectivity index (χ3n) is 3.52. The first-order valence-corrected chi connectivity index (χ1v) is 7.63. The summed E-state index contributed by atoms with van der Waals surface area (Å²) in [4.78, 5) is 12.2. The van der Waals surface area contributed by atoms with Crippen LogP contribution in [0.4, 0.5) is 0 Å². The lowest BCUT2D eigenvalue weighted by atomic mass is 10.0. The second-order valence-corrected chi connectivity index (χ2v) is 5.43. The lowest BCUT2D eigenvalue weighted by Gasteiger charge is -2.19. The van der Waals surface area contributed by atoms with Crippen LogP contribution >= 0.6 is 0 Å². The van der Waals surface area contributed by atoms with Crippen molar-refractivity contribution in [2.45, 2.75) is 38.8 Å². The number of aryl methyl sites for hydroxylation is 2. The fourth-order valence-electron chi connectivity index (χ4n) is 2.37. The molecular weight excluding hydrogens is 278 g/mol. The molecular formula is C17H23N3O2. The standard InChI is InChI=1S/C17H23N3O2/c1-14-12-18-20(13-14)10-9-17(22)19-16(8-5-11-21)15-6-3-2-4-7-15/h2-4,6-7,12-13,16,21H,5,8-11H2,1H3,(H,19,22). The first kappa shape index (κ1) is 16.2. The highest BCUT2D eigenvalue weighted by atomic mass is 16.3. The van der Waals surface area contributed by atoms with Gasteiger partial charge in [0.1, 0.15) is 0 Å². The smallest absolute Gasteiger partial charge is 0.222 e. The number of hydrogen-bond donors (Lipinski definition) is 2. The Bertz CT molecular complexity index is 581. The van der Waals surface area contributed by atoms with Crippen LogP contribution in [-0.2, 0) is 11.3 Å². The molecule has 2 N–H and O–H groups in total. The van der Waals surface area contributed by atoms with E-state index in [1.54, 1.807) is 10.9 Å². The van der Waals surface area contributed by atoms with Crippen LogP contribution in [0.3, 0.4) is 0 Å². The van der Waals surface area contributed by atoms with E-state index in [2.05, 4.69) is 10.4 Å². The van der Waals surface area contributed by atoms with Gasteiger partial charge in [0.25, 0.3) is 0 Å². The van der Waals surface area contributed by atoms with Gasteiger partial charge in [-0.25, -0.2) is 0 Å². The zero-order chi connectivity index (χ0) is 15.8. The Morgan fingerprint density at radius 3 is 2.77 bits per heavy atom. The van der Waals surface area contributed by atoms with Crippen molar-refractivity contribution in [2.75, 3.05) is 6.61 Å². The Morgan fingerprint density at radius 2 is 2.14 bits per heavy atom. The number of rotatable bonds is 8. The number of hydrogen-bond acceptors (Lipinski definition) is 3. The maximum Gasteiger partial charge on any atom is 0.222 e. The number of benzene rings is 1. The van der Waals surface area contributed by atoms with Crippen molar-refractivity contribution in [3.8, 4) is 0 Å². The van der Waals surface area contributed by atoms with Crippen LogP contribution < -0.4 is 5.32 Å². The highest BCUT2D eigenvalue weighted by Gasteiger charge is 2.14. The van der Waals surface area contributed by atoms with Crippen molar-refractivity contribution in [3.63, 3.8) is 0 Å². The van der Waals surface area contributed by atoms with Crippen molar-refractivity contribution in [3.05, 3.63) is 53.9 Å². The molecule has 0 aliphatic heterocycles. The maximum atomic E-state index is 12.2. The molecule has 1 heterocycles. The quantitative estimate of drug-likeness (QED) is 0.785. The summed E-state index contributed by atoms with van der Waals surface area (Å²) in [6, 6.07) is 9.81. The normalized spacial score (nSPS) is 12.1. The van der Waals surface area contributed by atoms with Crippen LogP contribution in [0.1, 0.15) is 36.4 Å². The van der Waals surface area contributed by atoms with Crippen molar-refractivity contribution in [1.82, 2.24) is 15.1 Å².